The van der Waals surface area contributed by atoms with Crippen molar-refractivity contribution in [1.82, 2.24) is 5.32 Å². The van der Waals surface area contributed by atoms with E-state index in [9.17, 15) is 0 Å². The van der Waals surface area contributed by atoms with Gasteiger partial charge in [-0.25, -0.2) is 0 Å². The van der Waals surface area contributed by atoms with Crippen LogP contribution in [0.2, 0.25) is 5.02 Å². The maximum Gasteiger partial charge on any atom is 0.0443 e. The Morgan fingerprint density at radius 2 is 1.95 bits per heavy atom. The second-order valence-corrected chi connectivity index (χ2v) is 7.22. The van der Waals surface area contributed by atoms with E-state index in [1.54, 1.807) is 0 Å². The topological polar surface area (TPSA) is 12.0 Å². The summed E-state index contributed by atoms with van der Waals surface area (Å²) in [6, 6.07) is 7.48. The van der Waals surface area contributed by atoms with E-state index in [1.807, 2.05) is 0 Å². The van der Waals surface area contributed by atoms with Crippen molar-refractivity contribution in [2.45, 2.75) is 63.8 Å². The van der Waals surface area contributed by atoms with E-state index < -0.39 is 0 Å². The molecule has 1 N–H and O–H groups in total. The summed E-state index contributed by atoms with van der Waals surface area (Å²) < 4.78 is 0. The quantitative estimate of drug-likeness (QED) is 0.833. The molecular formula is C18H26ClN. The van der Waals surface area contributed by atoms with Crippen LogP contribution in [0.5, 0.6) is 0 Å². The average Bonchev–Trinajstić information content (AvgIpc) is 2.93. The Hall–Kier alpha value is -0.530. The molecular weight excluding hydrogens is 266 g/mol. The van der Waals surface area contributed by atoms with Crippen LogP contribution in [-0.2, 0) is 6.42 Å². The second kappa shape index (κ2) is 6.49. The zero-order chi connectivity index (χ0) is 13.9. The molecule has 1 nitrogen and oxygen atoms in total. The van der Waals surface area contributed by atoms with Gasteiger partial charge in [-0.3, -0.25) is 0 Å². The number of benzene rings is 1. The Bertz CT molecular complexity index is 443. The molecule has 20 heavy (non-hydrogen) atoms. The smallest absolute Gasteiger partial charge is 0.0443 e. The third-order valence-corrected chi connectivity index (χ3v) is 5.49. The van der Waals surface area contributed by atoms with E-state index in [1.165, 1.54) is 56.2 Å². The first-order chi connectivity index (χ1) is 9.72. The van der Waals surface area contributed by atoms with E-state index in [-0.39, 0.29) is 0 Å². The lowest BCUT2D eigenvalue weighted by Crippen LogP contribution is -2.23. The Labute approximate surface area is 128 Å². The fourth-order valence-corrected chi connectivity index (χ4v) is 4.17. The monoisotopic (exact) mass is 291 g/mol. The minimum atomic E-state index is 0.660. The molecule has 0 amide bonds. The summed E-state index contributed by atoms with van der Waals surface area (Å²) in [6.45, 7) is 3.55. The molecule has 1 aliphatic heterocycles. The highest BCUT2D eigenvalue weighted by Gasteiger charge is 2.22. The van der Waals surface area contributed by atoms with Crippen LogP contribution >= 0.6 is 11.6 Å². The molecule has 1 unspecified atom stereocenters. The Balaban J connectivity index is 1.67. The summed E-state index contributed by atoms with van der Waals surface area (Å²) >= 11 is 6.56. The van der Waals surface area contributed by atoms with Crippen molar-refractivity contribution in [3.63, 3.8) is 0 Å². The van der Waals surface area contributed by atoms with E-state index in [2.05, 4.69) is 30.4 Å². The van der Waals surface area contributed by atoms with E-state index in [0.717, 1.165) is 17.4 Å². The first-order valence-electron chi connectivity index (χ1n) is 8.24. The normalized spacial score (nSPS) is 30.6. The lowest BCUT2D eigenvalue weighted by atomic mass is 9.79. The maximum atomic E-state index is 6.56. The highest BCUT2D eigenvalue weighted by atomic mass is 35.5. The van der Waals surface area contributed by atoms with E-state index >= 15 is 0 Å². The summed E-state index contributed by atoms with van der Waals surface area (Å²) in [6.07, 6.45) is 9.08. The molecule has 2 fully saturated rings. The van der Waals surface area contributed by atoms with Gasteiger partial charge < -0.3 is 5.32 Å². The molecule has 1 atom stereocenters. The average molecular weight is 292 g/mol. The van der Waals surface area contributed by atoms with Gasteiger partial charge >= 0.3 is 0 Å². The number of halogens is 1. The highest BCUT2D eigenvalue weighted by molar-refractivity contribution is 6.31. The molecule has 2 aliphatic rings. The largest absolute Gasteiger partial charge is 0.314 e. The van der Waals surface area contributed by atoms with Gasteiger partial charge in [0.25, 0.3) is 0 Å². The fraction of sp³-hybridized carbons (Fsp3) is 0.667. The van der Waals surface area contributed by atoms with Crippen molar-refractivity contribution in [2.24, 2.45) is 5.92 Å². The van der Waals surface area contributed by atoms with Crippen LogP contribution in [0.25, 0.3) is 0 Å². The third kappa shape index (κ3) is 3.38. The molecule has 1 aromatic carbocycles. The van der Waals surface area contributed by atoms with Crippen molar-refractivity contribution < 1.29 is 0 Å². The molecule has 1 saturated carbocycles. The minimum absolute atomic E-state index is 0.660. The predicted octanol–water partition coefficient (Wildman–Crippen LogP) is 4.93. The van der Waals surface area contributed by atoms with Crippen LogP contribution in [0, 0.1) is 5.92 Å². The van der Waals surface area contributed by atoms with Gasteiger partial charge in [0.1, 0.15) is 0 Å². The van der Waals surface area contributed by atoms with Gasteiger partial charge in [-0.2, -0.15) is 0 Å². The van der Waals surface area contributed by atoms with Gasteiger partial charge in [-0.1, -0.05) is 43.5 Å². The van der Waals surface area contributed by atoms with Crippen LogP contribution in [-0.4, -0.2) is 12.6 Å². The van der Waals surface area contributed by atoms with Gasteiger partial charge in [0.2, 0.25) is 0 Å². The van der Waals surface area contributed by atoms with Gasteiger partial charge in [0.15, 0.2) is 0 Å². The van der Waals surface area contributed by atoms with Crippen LogP contribution < -0.4 is 5.32 Å². The molecule has 1 aliphatic carbocycles. The molecule has 1 heterocycles. The summed E-state index contributed by atoms with van der Waals surface area (Å²) in [5, 5.41) is 4.56. The first kappa shape index (κ1) is 14.4. The summed E-state index contributed by atoms with van der Waals surface area (Å²) in [4.78, 5) is 0. The van der Waals surface area contributed by atoms with E-state index in [0.29, 0.717) is 12.0 Å². The number of rotatable bonds is 3. The summed E-state index contributed by atoms with van der Waals surface area (Å²) in [7, 11) is 0. The molecule has 0 bridgehead atoms. The SMILES string of the molecule is CC1CCC(c2ccc(CC3CCCN3)cc2Cl)CC1. The molecule has 1 aromatic rings. The van der Waals surface area contributed by atoms with Crippen LogP contribution in [0.1, 0.15) is 62.5 Å². The molecule has 0 radical (unpaired) electrons. The first-order valence-corrected chi connectivity index (χ1v) is 8.62. The standard InChI is InChI=1S/C18H26ClN/c1-13-4-7-15(8-5-13)17-9-6-14(12-18(17)19)11-16-3-2-10-20-16/h6,9,12-13,15-16,20H,2-5,7-8,10-11H2,1H3. The number of nitrogens with one attached hydrogen (secondary N) is 1. The third-order valence-electron chi connectivity index (χ3n) is 5.17. The number of hydrogen-bond acceptors (Lipinski definition) is 1. The van der Waals surface area contributed by atoms with Gasteiger partial charge in [0, 0.05) is 11.1 Å². The predicted molar refractivity (Wildman–Crippen MR) is 86.6 cm³/mol. The second-order valence-electron chi connectivity index (χ2n) is 6.81. The Kier molecular flexibility index (Phi) is 4.68. The van der Waals surface area contributed by atoms with Crippen molar-refractivity contribution in [2.75, 3.05) is 6.54 Å². The lowest BCUT2D eigenvalue weighted by Gasteiger charge is -2.27. The molecule has 0 spiro atoms. The number of hydrogen-bond donors (Lipinski definition) is 1. The Morgan fingerprint density at radius 1 is 1.15 bits per heavy atom. The molecule has 1 saturated heterocycles. The summed E-state index contributed by atoms with van der Waals surface area (Å²) in [5.41, 5.74) is 2.78. The zero-order valence-electron chi connectivity index (χ0n) is 12.5. The van der Waals surface area contributed by atoms with Crippen LogP contribution in [0.3, 0.4) is 0 Å². The molecule has 0 aromatic heterocycles. The molecule has 2 heteroatoms. The van der Waals surface area contributed by atoms with Gasteiger partial charge in [-0.15, -0.1) is 0 Å². The minimum Gasteiger partial charge on any atom is -0.314 e. The van der Waals surface area contributed by atoms with Crippen molar-refractivity contribution in [3.05, 3.63) is 34.3 Å². The molecule has 110 valence electrons. The summed E-state index contributed by atoms with van der Waals surface area (Å²) in [5.74, 6) is 1.59. The highest BCUT2D eigenvalue weighted by Crippen LogP contribution is 2.38. The molecule has 3 rings (SSSR count). The van der Waals surface area contributed by atoms with Crippen molar-refractivity contribution >= 4 is 11.6 Å². The van der Waals surface area contributed by atoms with Crippen molar-refractivity contribution in [3.8, 4) is 0 Å². The maximum absolute atomic E-state index is 6.56. The zero-order valence-corrected chi connectivity index (χ0v) is 13.3. The van der Waals surface area contributed by atoms with Crippen LogP contribution in [0.15, 0.2) is 18.2 Å². The Morgan fingerprint density at radius 3 is 2.60 bits per heavy atom. The van der Waals surface area contributed by atoms with Crippen molar-refractivity contribution in [1.29, 1.82) is 0 Å². The fourth-order valence-electron chi connectivity index (χ4n) is 3.82. The lowest BCUT2D eigenvalue weighted by molar-refractivity contribution is 0.348. The van der Waals surface area contributed by atoms with Crippen LogP contribution in [0.4, 0.5) is 0 Å². The van der Waals surface area contributed by atoms with E-state index in [4.69, 9.17) is 11.6 Å². The van der Waals surface area contributed by atoms with Gasteiger partial charge in [-0.05, 0) is 67.7 Å². The van der Waals surface area contributed by atoms with Gasteiger partial charge in [0.05, 0.1) is 0 Å².